The molecule has 2 aromatic carbocycles. The molecule has 9 N–H and O–H groups in total. The van der Waals surface area contributed by atoms with Gasteiger partial charge >= 0.3 is 77.9 Å². The minimum absolute atomic E-state index is 0.0211. The van der Waals surface area contributed by atoms with Crippen molar-refractivity contribution in [1.82, 2.24) is 5.32 Å². The van der Waals surface area contributed by atoms with Crippen LogP contribution in [0, 0.1) is 11.8 Å². The number of carboxylic acid groups (broad SMARTS) is 1. The summed E-state index contributed by atoms with van der Waals surface area (Å²) in [6.07, 6.45) is -0.814. The number of aliphatic hydroxyl groups is 4. The maximum absolute atomic E-state index is 14.0. The zero-order valence-electron chi connectivity index (χ0n) is 80.0. The molecule has 36 heteroatoms. The fraction of sp³-hybridized carbons (Fsp3) is 0.670. The van der Waals surface area contributed by atoms with E-state index in [1.54, 1.807) is 98.7 Å². The van der Waals surface area contributed by atoms with Gasteiger partial charge in [-0.3, -0.25) is 28.8 Å². The number of halogens is 3. The topological polar surface area (TPSA) is 484 Å². The van der Waals surface area contributed by atoms with Crippen LogP contribution in [0.2, 0.25) is 0 Å². The van der Waals surface area contributed by atoms with Crippen molar-refractivity contribution in [3.8, 4) is 11.5 Å². The maximum atomic E-state index is 14.0. The number of carboxylic acids is 1. The van der Waals surface area contributed by atoms with Crippen molar-refractivity contribution >= 4 is 71.8 Å². The number of phenols is 1. The van der Waals surface area contributed by atoms with E-state index in [-0.39, 0.29) is 84.5 Å². The van der Waals surface area contributed by atoms with Crippen LogP contribution in [0.4, 0.5) is 18.0 Å². The molecule has 0 bridgehead atoms. The Hall–Kier alpha value is -10.0. The summed E-state index contributed by atoms with van der Waals surface area (Å²) in [5, 5.41) is 69.6. The van der Waals surface area contributed by atoms with E-state index < -0.39 is 191 Å². The molecule has 2 heterocycles. The van der Waals surface area contributed by atoms with E-state index in [0.29, 0.717) is 44.5 Å². The lowest BCUT2D eigenvalue weighted by Gasteiger charge is -2.41. The number of phenolic OH excluding ortho intramolecular Hbond substituents is 1. The van der Waals surface area contributed by atoms with Crippen LogP contribution in [0.1, 0.15) is 281 Å². The highest BCUT2D eigenvalue weighted by Crippen LogP contribution is 2.60. The lowest BCUT2D eigenvalue weighted by molar-refractivity contribution is -0.212. The lowest BCUT2D eigenvalue weighted by atomic mass is 9.75. The Balaban J connectivity index is 0.000000385. The summed E-state index contributed by atoms with van der Waals surface area (Å²) in [6, 6.07) is 10.6. The molecule has 16 atom stereocenters. The van der Waals surface area contributed by atoms with Gasteiger partial charge in [0.2, 0.25) is 0 Å². The molecular weight excluding hydrogens is 1750 g/mol. The number of aryl methyl sites for hydroxylation is 4. The summed E-state index contributed by atoms with van der Waals surface area (Å²) < 4.78 is 108. The molecule has 4 fully saturated rings. The van der Waals surface area contributed by atoms with Gasteiger partial charge in [0.1, 0.15) is 40.5 Å². The minimum Gasteiger partial charge on any atom is -0.508 e. The SMILES string of the molecule is C/C=C(/C)C(=O)OC1C(C)=C2[C@H]([C@@H]1OC(=O)CCCCCCC)[C@@](C)(OC(C)=O)CC(OC(=O)CCc1ccc(O)c(CCCCCN)c1)[C@@]1(O)[C@H]2OC(=O)[C@@]1(C)O.C/C=C(/C)C(=O)OC1C(C)=C2[C@H]([C@@H]1OC(=O)CCCCCCC)[C@@](C)(OC(C)=O)CC(OC(=O)CCc1ccc(OCOC)c(CCCCCNC(=O)OC(C)(C)C)c1)[C@@]1(O)[C@H]2OC(=O)[C@@]1(C)O.O=C(O)C(F)(F)F. The summed E-state index contributed by atoms with van der Waals surface area (Å²) in [5.41, 5.74) is -4.89. The molecule has 744 valence electrons. The van der Waals surface area contributed by atoms with E-state index in [9.17, 15) is 91.4 Å². The number of hydrogen-bond acceptors (Lipinski definition) is 31. The first-order chi connectivity index (χ1) is 62.2. The number of benzene rings is 2. The minimum atomic E-state index is -5.08. The van der Waals surface area contributed by atoms with Crippen molar-refractivity contribution in [3.63, 3.8) is 0 Å². The summed E-state index contributed by atoms with van der Waals surface area (Å²) in [7, 11) is 1.52. The zero-order valence-corrected chi connectivity index (χ0v) is 80.0. The van der Waals surface area contributed by atoms with Gasteiger partial charge in [-0.25, -0.2) is 28.8 Å². The smallest absolute Gasteiger partial charge is 0.490 e. The first-order valence-electron chi connectivity index (χ1n) is 45.8. The Morgan fingerprint density at radius 3 is 1.32 bits per heavy atom. The number of carbonyl (C=O) groups is 12. The normalized spacial score (nSPS) is 27.0. The van der Waals surface area contributed by atoms with Gasteiger partial charge < -0.3 is 103 Å². The predicted octanol–water partition coefficient (Wildman–Crippen LogP) is 12.8. The monoisotopic (exact) mass is 1880 g/mol. The second-order valence-electron chi connectivity index (χ2n) is 36.7. The molecular formula is C97H139F3N2O31. The van der Waals surface area contributed by atoms with E-state index in [1.807, 2.05) is 12.1 Å². The van der Waals surface area contributed by atoms with Crippen LogP contribution in [-0.2, 0) is 135 Å². The van der Waals surface area contributed by atoms with Gasteiger partial charge in [-0.05, 0) is 217 Å². The number of carbonyl (C=O) groups excluding carboxylic acids is 11. The molecule has 4 aliphatic carbocycles. The van der Waals surface area contributed by atoms with E-state index in [1.165, 1.54) is 34.8 Å². The molecule has 1 amide bonds. The van der Waals surface area contributed by atoms with Gasteiger partial charge in [-0.1, -0.05) is 114 Å². The number of amides is 1. The Morgan fingerprint density at radius 2 is 0.932 bits per heavy atom. The molecule has 0 spiro atoms. The summed E-state index contributed by atoms with van der Waals surface area (Å²) in [4.78, 5) is 156. The van der Waals surface area contributed by atoms with Crippen molar-refractivity contribution in [2.45, 2.75) is 379 Å². The molecule has 2 saturated carbocycles. The van der Waals surface area contributed by atoms with Crippen molar-refractivity contribution in [2.24, 2.45) is 17.6 Å². The Morgan fingerprint density at radius 1 is 0.541 bits per heavy atom. The van der Waals surface area contributed by atoms with Gasteiger partial charge in [0.15, 0.2) is 65.8 Å². The van der Waals surface area contributed by atoms with Crippen LogP contribution in [0.15, 0.2) is 82.0 Å². The summed E-state index contributed by atoms with van der Waals surface area (Å²) in [6.45, 7) is 27.7. The van der Waals surface area contributed by atoms with Crippen LogP contribution >= 0.6 is 0 Å². The van der Waals surface area contributed by atoms with Gasteiger partial charge in [-0.15, -0.1) is 0 Å². The number of aliphatic carboxylic acids is 1. The lowest BCUT2D eigenvalue weighted by Crippen LogP contribution is -2.64. The zero-order chi connectivity index (χ0) is 99.7. The van der Waals surface area contributed by atoms with Crippen LogP contribution in [0.5, 0.6) is 11.5 Å². The number of allylic oxidation sites excluding steroid dienone is 2. The van der Waals surface area contributed by atoms with Gasteiger partial charge in [0.05, 0.1) is 11.8 Å². The number of ether oxygens (including phenoxy) is 13. The number of fused-ring (bicyclic) bond motifs is 6. The number of methoxy groups -OCH3 is 1. The van der Waals surface area contributed by atoms with E-state index >= 15 is 0 Å². The molecule has 4 unspecified atom stereocenters. The Labute approximate surface area is 775 Å². The largest absolute Gasteiger partial charge is 0.508 e. The number of nitrogens with one attached hydrogen (secondary N) is 1. The van der Waals surface area contributed by atoms with Crippen LogP contribution in [-0.4, -0.2) is 224 Å². The third-order valence-corrected chi connectivity index (χ3v) is 25.1. The van der Waals surface area contributed by atoms with Crippen molar-refractivity contribution < 1.29 is 163 Å². The van der Waals surface area contributed by atoms with Crippen molar-refractivity contribution in [3.05, 3.63) is 104 Å². The quantitative estimate of drug-likeness (QED) is 0.00764. The number of alkyl halides is 3. The molecule has 33 nitrogen and oxygen atoms in total. The number of esters is 10. The molecule has 0 radical (unpaired) electrons. The second kappa shape index (κ2) is 49.0. The van der Waals surface area contributed by atoms with Crippen molar-refractivity contribution in [2.75, 3.05) is 27.0 Å². The van der Waals surface area contributed by atoms with E-state index in [0.717, 1.165) is 126 Å². The molecule has 2 aliphatic heterocycles. The fourth-order valence-corrected chi connectivity index (χ4v) is 17.9. The van der Waals surface area contributed by atoms with E-state index in [2.05, 4.69) is 19.2 Å². The number of aromatic hydroxyl groups is 1. The molecule has 133 heavy (non-hydrogen) atoms. The number of alkyl carbamates (subject to hydrolysis) is 1. The summed E-state index contributed by atoms with van der Waals surface area (Å²) >= 11 is 0. The standard InChI is InChI=1S/C51H75NO16.C44H63NO13.C2HF3O2/c1-12-14-15-16-19-22-38(54)64-43-41-40(32(4)42(43)65-45(56)31(3)13-2)44-51(60,50(10,59)46(57)66-44)37(29-49(41,9)67-33(5)53)63-39(55)26-24-34-23-25-36(62-30-61-11)35(28-34)21-18-17-20-27-52-47(58)68-48(6,7)8;1-8-10-11-12-15-18-33(48)55-38-36-35(27(4)37(38)56-40(50)26(3)9-2)39-44(53,43(7,52)41(51)57-39)32(25-42(36,6)58-28(5)46)54-34(49)22-20-29-19-21-31(47)30(24-29)17-14-13-16-23-45;3-2(4,5)1(6)7/h13,23,25,28,37,41-44,59-60H,12,14-22,24,26-27,29-30H2,1-11H3,(H,52,58);9,19,21,24,32,36-39,47,52-53H,8,10-18,20,22-23,25,45H2,1-7H3;(H,6,7)/b31-13-;26-9-;/t37?,41-,42?,43+,44+,49+,50-,51-;32?,36-,37?,38+,39+,42+,43-,44-;/m11./s1. The van der Waals surface area contributed by atoms with Crippen molar-refractivity contribution in [1.29, 1.82) is 0 Å². The first-order valence-corrected chi connectivity index (χ1v) is 45.8. The average Bonchev–Trinajstić information content (AvgIpc) is 1.53. The average molecular weight is 1890 g/mol. The molecule has 8 rings (SSSR count). The van der Waals surface area contributed by atoms with Gasteiger partial charge in [0.25, 0.3) is 0 Å². The highest BCUT2D eigenvalue weighted by atomic mass is 19.4. The third kappa shape index (κ3) is 28.6. The molecule has 0 aromatic heterocycles. The van der Waals surface area contributed by atoms with E-state index in [4.69, 9.17) is 77.2 Å². The number of nitrogens with two attached hydrogens (primary N) is 1. The van der Waals surface area contributed by atoms with Gasteiger partial charge in [0, 0.05) is 77.2 Å². The third-order valence-electron chi connectivity index (χ3n) is 25.1. The Kier molecular flexibility index (Phi) is 41.1. The molecule has 2 saturated heterocycles. The number of unbranched alkanes of at least 4 members (excludes halogenated alkanes) is 12. The maximum Gasteiger partial charge on any atom is 0.490 e. The van der Waals surface area contributed by atoms with Crippen LogP contribution in [0.25, 0.3) is 0 Å². The highest BCUT2D eigenvalue weighted by molar-refractivity contribution is 5.90. The van der Waals surface area contributed by atoms with Crippen LogP contribution < -0.4 is 15.8 Å². The summed E-state index contributed by atoms with van der Waals surface area (Å²) in [5.74, 6) is -12.6. The fourth-order valence-electron chi connectivity index (χ4n) is 17.9. The number of hydrogen-bond donors (Lipinski definition) is 8. The molecule has 2 aromatic rings. The van der Waals surface area contributed by atoms with Crippen LogP contribution in [0.3, 0.4) is 0 Å². The first kappa shape index (κ1) is 112. The highest BCUT2D eigenvalue weighted by Gasteiger charge is 2.78. The number of rotatable bonds is 42. The Bertz CT molecular complexity index is 4560. The molecule has 6 aliphatic rings. The predicted molar refractivity (Wildman–Crippen MR) is 474 cm³/mol. The second-order valence-corrected chi connectivity index (χ2v) is 36.7. The van der Waals surface area contributed by atoms with Gasteiger partial charge in [-0.2, -0.15) is 13.2 Å².